The van der Waals surface area contributed by atoms with E-state index in [1.165, 1.54) is 0 Å². The first-order valence-electron chi connectivity index (χ1n) is 11.7. The second-order valence-electron chi connectivity index (χ2n) is 9.02. The Morgan fingerprint density at radius 2 is 1.91 bits per heavy atom. The molecular formula is C28H28N2O4S. The van der Waals surface area contributed by atoms with E-state index in [2.05, 4.69) is 17.2 Å². The molecular weight excluding hydrogens is 460 g/mol. The maximum atomic E-state index is 13.7. The lowest BCUT2D eigenvalue weighted by molar-refractivity contribution is 0.210. The van der Waals surface area contributed by atoms with E-state index >= 15 is 0 Å². The highest BCUT2D eigenvalue weighted by Gasteiger charge is 2.48. The van der Waals surface area contributed by atoms with Crippen molar-refractivity contribution < 1.29 is 18.3 Å². The highest BCUT2D eigenvalue weighted by Crippen LogP contribution is 2.48. The minimum Gasteiger partial charge on any atom is -0.495 e. The molecule has 3 atom stereocenters. The lowest BCUT2D eigenvalue weighted by atomic mass is 9.83. The van der Waals surface area contributed by atoms with Gasteiger partial charge in [0.25, 0.3) is 0 Å². The van der Waals surface area contributed by atoms with Gasteiger partial charge in [-0.05, 0) is 66.9 Å². The number of nitrogens with zero attached hydrogens (tertiary/aromatic N) is 1. The molecule has 7 heteroatoms. The minimum absolute atomic E-state index is 0.0375. The van der Waals surface area contributed by atoms with Crippen LogP contribution in [0.1, 0.15) is 34.7 Å². The molecule has 1 saturated heterocycles. The third-order valence-electron chi connectivity index (χ3n) is 6.87. The summed E-state index contributed by atoms with van der Waals surface area (Å²) >= 11 is 0. The monoisotopic (exact) mass is 488 g/mol. The molecule has 5 rings (SSSR count). The van der Waals surface area contributed by atoms with Gasteiger partial charge in [0.05, 0.1) is 36.3 Å². The molecule has 0 bridgehead atoms. The molecule has 0 unspecified atom stereocenters. The number of hydrogen-bond donors (Lipinski definition) is 2. The number of aliphatic hydroxyl groups is 1. The predicted molar refractivity (Wildman–Crippen MR) is 136 cm³/mol. The van der Waals surface area contributed by atoms with Gasteiger partial charge >= 0.3 is 0 Å². The van der Waals surface area contributed by atoms with Crippen LogP contribution in [-0.4, -0.2) is 44.1 Å². The number of ether oxygens (including phenoxy) is 1. The van der Waals surface area contributed by atoms with Crippen molar-refractivity contribution in [3.8, 4) is 17.6 Å². The maximum absolute atomic E-state index is 13.7. The summed E-state index contributed by atoms with van der Waals surface area (Å²) in [5.41, 5.74) is 4.19. The molecule has 0 aliphatic carbocycles. The Morgan fingerprint density at radius 1 is 1.09 bits per heavy atom. The zero-order valence-corrected chi connectivity index (χ0v) is 20.5. The van der Waals surface area contributed by atoms with E-state index in [9.17, 15) is 13.5 Å². The van der Waals surface area contributed by atoms with E-state index < -0.39 is 10.0 Å². The van der Waals surface area contributed by atoms with Gasteiger partial charge in [0, 0.05) is 23.7 Å². The average molecular weight is 489 g/mol. The molecule has 1 fully saturated rings. The van der Waals surface area contributed by atoms with Gasteiger partial charge in [0.1, 0.15) is 5.75 Å². The van der Waals surface area contributed by atoms with E-state index in [0.29, 0.717) is 23.6 Å². The number of sulfonamides is 1. The van der Waals surface area contributed by atoms with Crippen LogP contribution in [0.4, 0.5) is 5.69 Å². The molecule has 2 heterocycles. The van der Waals surface area contributed by atoms with E-state index in [1.807, 2.05) is 55.5 Å². The van der Waals surface area contributed by atoms with Crippen LogP contribution < -0.4 is 10.1 Å². The summed E-state index contributed by atoms with van der Waals surface area (Å²) in [6.07, 6.45) is 0.671. The lowest BCUT2D eigenvalue weighted by Gasteiger charge is -2.38. The van der Waals surface area contributed by atoms with Gasteiger partial charge in [0.15, 0.2) is 0 Å². The Kier molecular flexibility index (Phi) is 6.28. The molecule has 0 spiro atoms. The Morgan fingerprint density at radius 3 is 2.69 bits per heavy atom. The van der Waals surface area contributed by atoms with E-state index in [4.69, 9.17) is 4.74 Å². The predicted octanol–water partition coefficient (Wildman–Crippen LogP) is 3.94. The molecule has 2 aliphatic rings. The van der Waals surface area contributed by atoms with E-state index in [1.54, 1.807) is 29.6 Å². The van der Waals surface area contributed by atoms with Crippen molar-refractivity contribution in [3.63, 3.8) is 0 Å². The van der Waals surface area contributed by atoms with Crippen molar-refractivity contribution in [2.75, 3.05) is 25.6 Å². The molecule has 0 amide bonds. The van der Waals surface area contributed by atoms with Crippen molar-refractivity contribution in [2.45, 2.75) is 30.3 Å². The first kappa shape index (κ1) is 23.4. The summed E-state index contributed by atoms with van der Waals surface area (Å²) in [6.45, 7) is 2.23. The van der Waals surface area contributed by atoms with Crippen molar-refractivity contribution in [3.05, 3.63) is 89.0 Å². The molecule has 2 N–H and O–H groups in total. The third kappa shape index (κ3) is 4.30. The standard InChI is InChI=1S/C28H28N2O4S/c1-19-6-5-8-22(16-19)35(32,33)30-15-14-23-26(18-31)29-25-13-11-20(17-24(25)28(23)30)10-12-21-7-3-4-9-27(21)34-2/h3-9,11,13,16-17,23,26,28-29,31H,14-15,18H2,1-2H3/t23-,26-,28-/m0/s1. The summed E-state index contributed by atoms with van der Waals surface area (Å²) in [6, 6.07) is 19.8. The number of fused-ring (bicyclic) bond motifs is 3. The summed E-state index contributed by atoms with van der Waals surface area (Å²) in [5.74, 6) is 7.05. The molecule has 6 nitrogen and oxygen atoms in total. The second kappa shape index (κ2) is 9.38. The van der Waals surface area contributed by atoms with Gasteiger partial charge in [-0.3, -0.25) is 0 Å². The smallest absolute Gasteiger partial charge is 0.243 e. The number of aliphatic hydroxyl groups excluding tert-OH is 1. The minimum atomic E-state index is -3.71. The van der Waals surface area contributed by atoms with Crippen LogP contribution in [0, 0.1) is 24.7 Å². The maximum Gasteiger partial charge on any atom is 0.243 e. The first-order chi connectivity index (χ1) is 16.9. The molecule has 0 aromatic heterocycles. The van der Waals surface area contributed by atoms with Crippen molar-refractivity contribution in [1.82, 2.24) is 4.31 Å². The molecule has 2 aliphatic heterocycles. The number of anilines is 1. The fraction of sp³-hybridized carbons (Fsp3) is 0.286. The number of para-hydroxylation sites is 1. The van der Waals surface area contributed by atoms with Gasteiger partial charge in [0.2, 0.25) is 10.0 Å². The van der Waals surface area contributed by atoms with Crippen molar-refractivity contribution >= 4 is 15.7 Å². The van der Waals surface area contributed by atoms with Crippen LogP contribution in [0.3, 0.4) is 0 Å². The quantitative estimate of drug-likeness (QED) is 0.544. The summed E-state index contributed by atoms with van der Waals surface area (Å²) < 4.78 is 34.4. The fourth-order valence-electron chi connectivity index (χ4n) is 5.17. The van der Waals surface area contributed by atoms with Crippen LogP contribution in [0.2, 0.25) is 0 Å². The van der Waals surface area contributed by atoms with Gasteiger partial charge in [-0.2, -0.15) is 4.31 Å². The zero-order valence-electron chi connectivity index (χ0n) is 19.7. The number of rotatable bonds is 4. The summed E-state index contributed by atoms with van der Waals surface area (Å²) in [5, 5.41) is 13.5. The zero-order chi connectivity index (χ0) is 24.6. The number of aryl methyl sites for hydroxylation is 1. The normalized spacial score (nSPS) is 21.3. The Hall–Kier alpha value is -3.31. The molecule has 0 saturated carbocycles. The fourth-order valence-corrected chi connectivity index (χ4v) is 6.94. The third-order valence-corrected chi connectivity index (χ3v) is 8.74. The highest BCUT2D eigenvalue weighted by molar-refractivity contribution is 7.89. The summed E-state index contributed by atoms with van der Waals surface area (Å²) in [7, 11) is -2.09. The van der Waals surface area contributed by atoms with Gasteiger partial charge in [-0.15, -0.1) is 0 Å². The van der Waals surface area contributed by atoms with E-state index in [0.717, 1.165) is 27.9 Å². The van der Waals surface area contributed by atoms with Crippen LogP contribution in [-0.2, 0) is 10.0 Å². The summed E-state index contributed by atoms with van der Waals surface area (Å²) in [4.78, 5) is 0.297. The van der Waals surface area contributed by atoms with Crippen molar-refractivity contribution in [2.24, 2.45) is 5.92 Å². The molecule has 180 valence electrons. The lowest BCUT2D eigenvalue weighted by Crippen LogP contribution is -2.42. The van der Waals surface area contributed by atoms with Crippen molar-refractivity contribution in [1.29, 1.82) is 0 Å². The number of benzene rings is 3. The van der Waals surface area contributed by atoms with Gasteiger partial charge in [-0.25, -0.2) is 8.42 Å². The Bertz CT molecular complexity index is 1420. The topological polar surface area (TPSA) is 78.9 Å². The SMILES string of the molecule is COc1ccccc1C#Cc1ccc2c(c1)[C@@H]1[C@@H](CCN1S(=O)(=O)c1cccc(C)c1)[C@H](CO)N2. The van der Waals surface area contributed by atoms with Crippen LogP contribution >= 0.6 is 0 Å². The molecule has 35 heavy (non-hydrogen) atoms. The van der Waals surface area contributed by atoms with E-state index in [-0.39, 0.29) is 24.6 Å². The van der Waals surface area contributed by atoms with Crippen LogP contribution in [0.15, 0.2) is 71.6 Å². The Balaban J connectivity index is 1.56. The largest absolute Gasteiger partial charge is 0.495 e. The number of hydrogen-bond acceptors (Lipinski definition) is 5. The molecule has 3 aromatic rings. The average Bonchev–Trinajstić information content (AvgIpc) is 3.34. The second-order valence-corrected chi connectivity index (χ2v) is 10.9. The van der Waals surface area contributed by atoms with Gasteiger partial charge < -0.3 is 15.2 Å². The molecule has 3 aromatic carbocycles. The van der Waals surface area contributed by atoms with Gasteiger partial charge in [-0.1, -0.05) is 36.1 Å². The van der Waals surface area contributed by atoms with Crippen LogP contribution in [0.5, 0.6) is 5.75 Å². The number of nitrogens with one attached hydrogen (secondary N) is 1. The first-order valence-corrected chi connectivity index (χ1v) is 13.1. The molecule has 0 radical (unpaired) electrons. The number of methoxy groups -OCH3 is 1. The Labute approximate surface area is 206 Å². The van der Waals surface area contributed by atoms with Crippen LogP contribution in [0.25, 0.3) is 0 Å². The highest BCUT2D eigenvalue weighted by atomic mass is 32.2.